The molecule has 0 amide bonds. The first-order valence-corrected chi connectivity index (χ1v) is 6.89. The average molecular weight is 251 g/mol. The van der Waals surface area contributed by atoms with Crippen molar-refractivity contribution in [2.24, 2.45) is 5.73 Å². The van der Waals surface area contributed by atoms with E-state index in [9.17, 15) is 0 Å². The van der Waals surface area contributed by atoms with Crippen LogP contribution in [0.2, 0.25) is 0 Å². The van der Waals surface area contributed by atoms with E-state index in [2.05, 4.69) is 49.4 Å². The molecule has 1 nitrogen and oxygen atoms in total. The predicted octanol–water partition coefficient (Wildman–Crippen LogP) is 4.40. The number of hydrogen-bond acceptors (Lipinski definition) is 1. The Labute approximate surface area is 115 Å². The Hall–Kier alpha value is -2.02. The highest BCUT2D eigenvalue weighted by molar-refractivity contribution is 5.95. The summed E-state index contributed by atoms with van der Waals surface area (Å²) in [4.78, 5) is 0. The topological polar surface area (TPSA) is 26.0 Å². The van der Waals surface area contributed by atoms with Gasteiger partial charge in [0.15, 0.2) is 0 Å². The van der Waals surface area contributed by atoms with E-state index >= 15 is 0 Å². The fourth-order valence-corrected chi connectivity index (χ4v) is 2.44. The maximum Gasteiger partial charge on any atom is 0.0432 e. The van der Waals surface area contributed by atoms with Crippen molar-refractivity contribution in [2.75, 3.05) is 0 Å². The van der Waals surface area contributed by atoms with E-state index in [0.29, 0.717) is 0 Å². The molecule has 0 saturated carbocycles. The van der Waals surface area contributed by atoms with Crippen molar-refractivity contribution in [2.45, 2.75) is 27.2 Å². The Balaban J connectivity index is 0.000000637. The quantitative estimate of drug-likeness (QED) is 0.798. The van der Waals surface area contributed by atoms with Gasteiger partial charge in [0.2, 0.25) is 0 Å². The fourth-order valence-electron chi connectivity index (χ4n) is 2.44. The van der Waals surface area contributed by atoms with Gasteiger partial charge in [0.25, 0.3) is 0 Å². The number of allylic oxidation sites excluding steroid dienone is 1. The second-order valence-corrected chi connectivity index (χ2v) is 4.60. The van der Waals surface area contributed by atoms with Crippen molar-refractivity contribution < 1.29 is 0 Å². The molecule has 3 rings (SSSR count). The van der Waals surface area contributed by atoms with Crippen LogP contribution in [-0.2, 0) is 6.42 Å². The fraction of sp³-hybridized carbons (Fsp3) is 0.222. The van der Waals surface area contributed by atoms with Crippen LogP contribution in [0.3, 0.4) is 0 Å². The summed E-state index contributed by atoms with van der Waals surface area (Å²) in [6.07, 6.45) is 0.950. The molecule has 0 saturated heterocycles. The molecule has 0 atom stereocenters. The van der Waals surface area contributed by atoms with Crippen LogP contribution in [-0.4, -0.2) is 0 Å². The molecule has 1 aliphatic carbocycles. The number of rotatable bonds is 1. The molecule has 0 unspecified atom stereocenters. The molecule has 0 aromatic heterocycles. The van der Waals surface area contributed by atoms with E-state index in [1.54, 1.807) is 0 Å². The molecular weight excluding hydrogens is 230 g/mol. The molecule has 2 aromatic carbocycles. The Morgan fingerprint density at radius 3 is 2.32 bits per heavy atom. The first-order chi connectivity index (χ1) is 9.25. The molecule has 0 aliphatic heterocycles. The SMILES string of the molecule is CC.Cc1ccc2c(c1)C(N)=C(c1ccccc1)C2. The van der Waals surface area contributed by atoms with Crippen LogP contribution >= 0.6 is 0 Å². The highest BCUT2D eigenvalue weighted by Gasteiger charge is 2.20. The lowest BCUT2D eigenvalue weighted by molar-refractivity contribution is 1.29. The summed E-state index contributed by atoms with van der Waals surface area (Å²) in [6.45, 7) is 6.11. The second-order valence-electron chi connectivity index (χ2n) is 4.60. The van der Waals surface area contributed by atoms with Gasteiger partial charge < -0.3 is 5.73 Å². The van der Waals surface area contributed by atoms with Gasteiger partial charge in [0, 0.05) is 17.7 Å². The van der Waals surface area contributed by atoms with E-state index in [4.69, 9.17) is 5.73 Å². The molecule has 0 heterocycles. The summed E-state index contributed by atoms with van der Waals surface area (Å²) in [5.41, 5.74) is 13.5. The summed E-state index contributed by atoms with van der Waals surface area (Å²) in [5.74, 6) is 0. The van der Waals surface area contributed by atoms with E-state index in [-0.39, 0.29) is 0 Å². The number of nitrogens with two attached hydrogens (primary N) is 1. The van der Waals surface area contributed by atoms with Crippen LogP contribution in [0.5, 0.6) is 0 Å². The molecule has 2 aromatic rings. The number of aryl methyl sites for hydroxylation is 1. The minimum Gasteiger partial charge on any atom is -0.398 e. The molecule has 0 fully saturated rings. The van der Waals surface area contributed by atoms with Crippen molar-refractivity contribution in [1.82, 2.24) is 0 Å². The molecule has 19 heavy (non-hydrogen) atoms. The molecule has 0 bridgehead atoms. The van der Waals surface area contributed by atoms with Gasteiger partial charge in [0.1, 0.15) is 0 Å². The van der Waals surface area contributed by atoms with Crippen molar-refractivity contribution in [3.05, 3.63) is 70.8 Å². The lowest BCUT2D eigenvalue weighted by Gasteiger charge is -2.03. The van der Waals surface area contributed by atoms with Crippen LogP contribution < -0.4 is 5.73 Å². The van der Waals surface area contributed by atoms with E-state index in [0.717, 1.165) is 12.1 Å². The van der Waals surface area contributed by atoms with Crippen molar-refractivity contribution in [3.63, 3.8) is 0 Å². The standard InChI is InChI=1S/C16H15N.C2H6/c1-11-7-8-13-10-15(16(17)14(13)9-11)12-5-3-2-4-6-12;1-2/h2-9H,10,17H2,1H3;1-2H3. The number of benzene rings is 2. The maximum atomic E-state index is 6.27. The Kier molecular flexibility index (Phi) is 4.06. The van der Waals surface area contributed by atoms with Gasteiger partial charge in [-0.3, -0.25) is 0 Å². The first-order valence-electron chi connectivity index (χ1n) is 6.89. The smallest absolute Gasteiger partial charge is 0.0432 e. The van der Waals surface area contributed by atoms with Gasteiger partial charge in [0.05, 0.1) is 0 Å². The molecule has 98 valence electrons. The number of fused-ring (bicyclic) bond motifs is 1. The third-order valence-electron chi connectivity index (χ3n) is 3.37. The average Bonchev–Trinajstić information content (AvgIpc) is 2.79. The minimum atomic E-state index is 0.940. The molecule has 2 N–H and O–H groups in total. The van der Waals surface area contributed by atoms with Crippen LogP contribution in [0.15, 0.2) is 48.5 Å². The monoisotopic (exact) mass is 251 g/mol. The van der Waals surface area contributed by atoms with Crippen LogP contribution in [0, 0.1) is 6.92 Å². The van der Waals surface area contributed by atoms with Gasteiger partial charge in [-0.05, 0) is 29.7 Å². The zero-order valence-electron chi connectivity index (χ0n) is 11.9. The van der Waals surface area contributed by atoms with Crippen LogP contribution in [0.1, 0.15) is 36.1 Å². The molecule has 1 aliphatic rings. The maximum absolute atomic E-state index is 6.27. The van der Waals surface area contributed by atoms with Gasteiger partial charge in [-0.2, -0.15) is 0 Å². The minimum absolute atomic E-state index is 0.940. The predicted molar refractivity (Wildman–Crippen MR) is 83.7 cm³/mol. The van der Waals surface area contributed by atoms with Gasteiger partial charge in [-0.15, -0.1) is 0 Å². The third-order valence-corrected chi connectivity index (χ3v) is 3.37. The first kappa shape index (κ1) is 13.4. The van der Waals surface area contributed by atoms with Crippen molar-refractivity contribution in [1.29, 1.82) is 0 Å². The van der Waals surface area contributed by atoms with Crippen molar-refractivity contribution in [3.8, 4) is 0 Å². The van der Waals surface area contributed by atoms with Gasteiger partial charge in [-0.25, -0.2) is 0 Å². The second kappa shape index (κ2) is 5.75. The summed E-state index contributed by atoms with van der Waals surface area (Å²) >= 11 is 0. The lowest BCUT2D eigenvalue weighted by atomic mass is 10.0. The van der Waals surface area contributed by atoms with Crippen molar-refractivity contribution >= 4 is 11.3 Å². The molecule has 1 heteroatoms. The van der Waals surface area contributed by atoms with E-state index in [1.165, 1.54) is 27.8 Å². The van der Waals surface area contributed by atoms with Crippen LogP contribution in [0.25, 0.3) is 11.3 Å². The Morgan fingerprint density at radius 1 is 0.947 bits per heavy atom. The van der Waals surface area contributed by atoms with E-state index < -0.39 is 0 Å². The molecular formula is C18H21N. The van der Waals surface area contributed by atoms with Crippen LogP contribution in [0.4, 0.5) is 0 Å². The van der Waals surface area contributed by atoms with E-state index in [1.807, 2.05) is 19.9 Å². The Morgan fingerprint density at radius 2 is 1.63 bits per heavy atom. The largest absolute Gasteiger partial charge is 0.398 e. The van der Waals surface area contributed by atoms with Gasteiger partial charge in [-0.1, -0.05) is 61.9 Å². The normalized spacial score (nSPS) is 12.8. The zero-order valence-corrected chi connectivity index (χ0v) is 11.9. The summed E-state index contributed by atoms with van der Waals surface area (Å²) in [5, 5.41) is 0. The van der Waals surface area contributed by atoms with Gasteiger partial charge >= 0.3 is 0 Å². The third kappa shape index (κ3) is 2.55. The molecule has 0 spiro atoms. The summed E-state index contributed by atoms with van der Waals surface area (Å²) in [7, 11) is 0. The summed E-state index contributed by atoms with van der Waals surface area (Å²) in [6, 6.07) is 16.9. The zero-order chi connectivity index (χ0) is 13.8. The highest BCUT2D eigenvalue weighted by Crippen LogP contribution is 2.35. The summed E-state index contributed by atoms with van der Waals surface area (Å²) < 4.78 is 0. The lowest BCUT2D eigenvalue weighted by Crippen LogP contribution is -1.96. The number of hydrogen-bond donors (Lipinski definition) is 1. The molecule has 0 radical (unpaired) electrons. The Bertz CT molecular complexity index is 594. The highest BCUT2D eigenvalue weighted by atomic mass is 14.6.